The molecule has 0 saturated carbocycles. The summed E-state index contributed by atoms with van der Waals surface area (Å²) in [6.07, 6.45) is 3.06. The summed E-state index contributed by atoms with van der Waals surface area (Å²) >= 11 is 0. The first-order valence-electron chi connectivity index (χ1n) is 9.75. The normalized spacial score (nSPS) is 10.8. The summed E-state index contributed by atoms with van der Waals surface area (Å²) in [7, 11) is 3.15. The van der Waals surface area contributed by atoms with E-state index in [4.69, 9.17) is 9.47 Å². The highest BCUT2D eigenvalue weighted by atomic mass is 16.5. The van der Waals surface area contributed by atoms with Crippen LogP contribution in [0.15, 0.2) is 64.6 Å². The maximum Gasteiger partial charge on any atom is 0.276 e. The van der Waals surface area contributed by atoms with E-state index in [2.05, 4.69) is 35.7 Å². The van der Waals surface area contributed by atoms with E-state index < -0.39 is 5.91 Å². The van der Waals surface area contributed by atoms with E-state index in [-0.39, 0.29) is 11.1 Å². The van der Waals surface area contributed by atoms with Gasteiger partial charge in [0.1, 0.15) is 12.2 Å². The van der Waals surface area contributed by atoms with Crippen molar-refractivity contribution < 1.29 is 14.3 Å². The Labute approximate surface area is 180 Å². The van der Waals surface area contributed by atoms with Gasteiger partial charge >= 0.3 is 0 Å². The van der Waals surface area contributed by atoms with Gasteiger partial charge in [-0.2, -0.15) is 5.10 Å². The van der Waals surface area contributed by atoms with Crippen molar-refractivity contribution in [2.24, 2.45) is 12.1 Å². The molecular formula is C24H25N3O4. The first kappa shape index (κ1) is 21.8. The van der Waals surface area contributed by atoms with Crippen LogP contribution in [0, 0.1) is 13.8 Å². The molecule has 0 bridgehead atoms. The second-order valence-corrected chi connectivity index (χ2v) is 7.17. The lowest BCUT2D eigenvalue weighted by Crippen LogP contribution is -2.29. The molecule has 3 aromatic rings. The summed E-state index contributed by atoms with van der Waals surface area (Å²) in [5.74, 6) is 0.591. The molecule has 7 heteroatoms. The lowest BCUT2D eigenvalue weighted by Gasteiger charge is -2.13. The van der Waals surface area contributed by atoms with Crippen molar-refractivity contribution in [1.82, 2.24) is 9.99 Å². The predicted octanol–water partition coefficient (Wildman–Crippen LogP) is 3.35. The zero-order chi connectivity index (χ0) is 22.4. The highest BCUT2D eigenvalue weighted by Crippen LogP contribution is 2.28. The second-order valence-electron chi connectivity index (χ2n) is 7.17. The van der Waals surface area contributed by atoms with Crippen molar-refractivity contribution >= 4 is 12.1 Å². The molecule has 0 spiro atoms. The molecule has 0 atom stereocenters. The van der Waals surface area contributed by atoms with Gasteiger partial charge in [0, 0.05) is 13.2 Å². The van der Waals surface area contributed by atoms with Crippen LogP contribution in [0.3, 0.4) is 0 Å². The van der Waals surface area contributed by atoms with Crippen LogP contribution >= 0.6 is 0 Å². The number of hydrazone groups is 1. The summed E-state index contributed by atoms with van der Waals surface area (Å²) in [6, 6.07) is 14.7. The number of hydrogen-bond donors (Lipinski definition) is 1. The van der Waals surface area contributed by atoms with E-state index in [1.807, 2.05) is 6.92 Å². The maximum atomic E-state index is 12.2. The third-order valence-electron chi connectivity index (χ3n) is 4.82. The minimum Gasteiger partial charge on any atom is -0.493 e. The Bertz CT molecular complexity index is 1180. The van der Waals surface area contributed by atoms with Gasteiger partial charge in [0.05, 0.1) is 13.3 Å². The SMILES string of the molecule is COc1cc(/C=N\NC(=O)c2cccn(C)c2=O)ccc1OCc1cc(C)ccc1C. The number of hydrogen-bond acceptors (Lipinski definition) is 5. The van der Waals surface area contributed by atoms with Crippen molar-refractivity contribution in [3.8, 4) is 11.5 Å². The number of amides is 1. The number of methoxy groups -OCH3 is 1. The van der Waals surface area contributed by atoms with Crippen molar-refractivity contribution in [2.45, 2.75) is 20.5 Å². The van der Waals surface area contributed by atoms with Crippen molar-refractivity contribution in [3.63, 3.8) is 0 Å². The van der Waals surface area contributed by atoms with Gasteiger partial charge in [0.15, 0.2) is 11.5 Å². The molecule has 1 amide bonds. The van der Waals surface area contributed by atoms with E-state index in [1.54, 1.807) is 44.6 Å². The first-order chi connectivity index (χ1) is 14.9. The fourth-order valence-corrected chi connectivity index (χ4v) is 2.99. The number of nitrogens with zero attached hydrogens (tertiary/aromatic N) is 2. The minimum atomic E-state index is -0.571. The third-order valence-corrected chi connectivity index (χ3v) is 4.82. The second kappa shape index (κ2) is 9.75. The standard InChI is InChI=1S/C24H25N3O4/c1-16-7-8-17(2)19(12-16)15-31-21-10-9-18(13-22(21)30-4)14-25-26-23(28)20-6-5-11-27(3)24(20)29/h5-14H,15H2,1-4H3,(H,26,28)/b25-14-. The first-order valence-corrected chi connectivity index (χ1v) is 9.75. The number of carbonyl (C=O) groups excluding carboxylic acids is 1. The fourth-order valence-electron chi connectivity index (χ4n) is 2.99. The highest BCUT2D eigenvalue weighted by molar-refractivity contribution is 5.94. The topological polar surface area (TPSA) is 81.9 Å². The van der Waals surface area contributed by atoms with Gasteiger partial charge in [0.25, 0.3) is 11.5 Å². The Hall–Kier alpha value is -3.87. The molecule has 0 aliphatic heterocycles. The van der Waals surface area contributed by atoms with E-state index >= 15 is 0 Å². The molecule has 2 aromatic carbocycles. The zero-order valence-electron chi connectivity index (χ0n) is 18.0. The third kappa shape index (κ3) is 5.39. The van der Waals surface area contributed by atoms with Crippen LogP contribution in [0.5, 0.6) is 11.5 Å². The lowest BCUT2D eigenvalue weighted by atomic mass is 10.1. The predicted molar refractivity (Wildman–Crippen MR) is 120 cm³/mol. The monoisotopic (exact) mass is 419 g/mol. The zero-order valence-corrected chi connectivity index (χ0v) is 18.0. The molecule has 1 aromatic heterocycles. The minimum absolute atomic E-state index is 0.0231. The number of aromatic nitrogens is 1. The molecule has 3 rings (SSSR count). The van der Waals surface area contributed by atoms with Gasteiger partial charge in [-0.05, 0) is 60.9 Å². The highest BCUT2D eigenvalue weighted by Gasteiger charge is 2.10. The van der Waals surface area contributed by atoms with Gasteiger partial charge < -0.3 is 14.0 Å². The Morgan fingerprint density at radius 3 is 2.71 bits per heavy atom. The Morgan fingerprint density at radius 2 is 1.94 bits per heavy atom. The molecule has 1 heterocycles. The number of carbonyl (C=O) groups is 1. The van der Waals surface area contributed by atoms with Gasteiger partial charge in [-0.3, -0.25) is 9.59 Å². The van der Waals surface area contributed by atoms with Crippen molar-refractivity contribution in [1.29, 1.82) is 0 Å². The number of rotatable bonds is 7. The Kier molecular flexibility index (Phi) is 6.87. The van der Waals surface area contributed by atoms with Crippen LogP contribution in [0.25, 0.3) is 0 Å². The van der Waals surface area contributed by atoms with Crippen molar-refractivity contribution in [3.05, 3.63) is 92.9 Å². The summed E-state index contributed by atoms with van der Waals surface area (Å²) in [4.78, 5) is 24.2. The Balaban J connectivity index is 1.68. The molecule has 0 radical (unpaired) electrons. The van der Waals surface area contributed by atoms with Crippen LogP contribution in [-0.4, -0.2) is 23.8 Å². The summed E-state index contributed by atoms with van der Waals surface area (Å²) in [5, 5.41) is 3.94. The lowest BCUT2D eigenvalue weighted by molar-refractivity contribution is 0.0953. The Morgan fingerprint density at radius 1 is 1.13 bits per heavy atom. The molecule has 1 N–H and O–H groups in total. The van der Waals surface area contributed by atoms with E-state index in [1.165, 1.54) is 22.4 Å². The summed E-state index contributed by atoms with van der Waals surface area (Å²) in [6.45, 7) is 4.53. The largest absolute Gasteiger partial charge is 0.493 e. The molecule has 0 saturated heterocycles. The molecule has 31 heavy (non-hydrogen) atoms. The quantitative estimate of drug-likeness (QED) is 0.470. The number of benzene rings is 2. The average Bonchev–Trinajstić information content (AvgIpc) is 2.76. The molecular weight excluding hydrogens is 394 g/mol. The smallest absolute Gasteiger partial charge is 0.276 e. The van der Waals surface area contributed by atoms with Gasteiger partial charge in [-0.1, -0.05) is 23.8 Å². The van der Waals surface area contributed by atoms with E-state index in [0.717, 1.165) is 11.1 Å². The van der Waals surface area contributed by atoms with E-state index in [0.29, 0.717) is 23.7 Å². The van der Waals surface area contributed by atoms with E-state index in [9.17, 15) is 9.59 Å². The number of aryl methyl sites for hydroxylation is 3. The van der Waals surface area contributed by atoms with Crippen LogP contribution in [0.1, 0.15) is 32.6 Å². The van der Waals surface area contributed by atoms with Gasteiger partial charge in [0.2, 0.25) is 0 Å². The summed E-state index contributed by atoms with van der Waals surface area (Å²) < 4.78 is 12.7. The number of pyridine rings is 1. The summed E-state index contributed by atoms with van der Waals surface area (Å²) in [5.41, 5.74) is 6.17. The number of nitrogens with one attached hydrogen (secondary N) is 1. The maximum absolute atomic E-state index is 12.2. The molecule has 0 fully saturated rings. The van der Waals surface area contributed by atoms with Crippen LogP contribution in [0.4, 0.5) is 0 Å². The molecule has 0 aliphatic rings. The molecule has 0 aliphatic carbocycles. The van der Waals surface area contributed by atoms with Crippen LogP contribution in [-0.2, 0) is 13.7 Å². The molecule has 7 nitrogen and oxygen atoms in total. The van der Waals surface area contributed by atoms with Crippen molar-refractivity contribution in [2.75, 3.05) is 7.11 Å². The van der Waals surface area contributed by atoms with Gasteiger partial charge in [-0.25, -0.2) is 5.43 Å². The van der Waals surface area contributed by atoms with Crippen LogP contribution in [0.2, 0.25) is 0 Å². The molecule has 160 valence electrons. The van der Waals surface area contributed by atoms with Gasteiger partial charge in [-0.15, -0.1) is 0 Å². The molecule has 0 unspecified atom stereocenters. The average molecular weight is 419 g/mol. The fraction of sp³-hybridized carbons (Fsp3) is 0.208. The van der Waals surface area contributed by atoms with Crippen LogP contribution < -0.4 is 20.5 Å². The number of ether oxygens (including phenoxy) is 2.